The molecule has 0 aliphatic heterocycles. The van der Waals surface area contributed by atoms with Crippen LogP contribution in [-0.4, -0.2) is 4.98 Å². The van der Waals surface area contributed by atoms with Gasteiger partial charge < -0.3 is 4.74 Å². The second-order valence-electron chi connectivity index (χ2n) is 4.10. The van der Waals surface area contributed by atoms with Crippen molar-refractivity contribution >= 4 is 0 Å². The van der Waals surface area contributed by atoms with Gasteiger partial charge in [-0.2, -0.15) is 4.39 Å². The van der Waals surface area contributed by atoms with Gasteiger partial charge in [-0.3, -0.25) is 0 Å². The Hall–Kier alpha value is -1.90. The van der Waals surface area contributed by atoms with E-state index in [1.165, 1.54) is 23.4 Å². The van der Waals surface area contributed by atoms with Gasteiger partial charge in [-0.1, -0.05) is 29.3 Å². The van der Waals surface area contributed by atoms with Gasteiger partial charge in [0.2, 0.25) is 5.95 Å². The van der Waals surface area contributed by atoms with Crippen LogP contribution in [-0.2, 0) is 6.61 Å². The lowest BCUT2D eigenvalue weighted by Gasteiger charge is -2.07. The molecule has 2 aromatic rings. The minimum absolute atomic E-state index is 0.468. The predicted octanol–water partition coefficient (Wildman–Crippen LogP) is 3.42. The topological polar surface area (TPSA) is 22.1 Å². The third-order valence-electron chi connectivity index (χ3n) is 2.39. The van der Waals surface area contributed by atoms with Crippen LogP contribution in [0.5, 0.6) is 5.75 Å². The summed E-state index contributed by atoms with van der Waals surface area (Å²) in [5.74, 6) is 0.0781. The zero-order chi connectivity index (χ0) is 12.3. The highest BCUT2D eigenvalue weighted by atomic mass is 19.1. The van der Waals surface area contributed by atoms with Crippen molar-refractivity contribution < 1.29 is 9.13 Å². The summed E-state index contributed by atoms with van der Waals surface area (Å²) in [5, 5.41) is 0. The lowest BCUT2D eigenvalue weighted by atomic mass is 10.1. The SMILES string of the molecule is Cc1cc(C)cc(COc2ccc(F)nc2)c1. The van der Waals surface area contributed by atoms with Crippen molar-refractivity contribution in [3.8, 4) is 5.75 Å². The molecule has 0 saturated carbocycles. The van der Waals surface area contributed by atoms with Crippen LogP contribution in [0.4, 0.5) is 4.39 Å². The number of nitrogens with zero attached hydrogens (tertiary/aromatic N) is 1. The lowest BCUT2D eigenvalue weighted by Crippen LogP contribution is -1.97. The molecule has 0 amide bonds. The van der Waals surface area contributed by atoms with Crippen molar-refractivity contribution in [1.29, 1.82) is 0 Å². The van der Waals surface area contributed by atoms with Gasteiger partial charge in [0.05, 0.1) is 6.20 Å². The molecule has 0 fully saturated rings. The number of hydrogen-bond donors (Lipinski definition) is 0. The number of halogens is 1. The summed E-state index contributed by atoms with van der Waals surface area (Å²) in [6.07, 6.45) is 1.39. The first-order chi connectivity index (χ1) is 8.13. The third kappa shape index (κ3) is 3.28. The Morgan fingerprint density at radius 2 is 1.82 bits per heavy atom. The van der Waals surface area contributed by atoms with E-state index in [2.05, 4.69) is 37.0 Å². The molecular formula is C14H14FNO. The molecular weight excluding hydrogens is 217 g/mol. The van der Waals surface area contributed by atoms with Gasteiger partial charge in [-0.15, -0.1) is 0 Å². The van der Waals surface area contributed by atoms with E-state index >= 15 is 0 Å². The summed E-state index contributed by atoms with van der Waals surface area (Å²) < 4.78 is 18.1. The molecule has 0 N–H and O–H groups in total. The van der Waals surface area contributed by atoms with Crippen LogP contribution < -0.4 is 4.74 Å². The fourth-order valence-corrected chi connectivity index (χ4v) is 1.77. The number of aryl methyl sites for hydroxylation is 2. The Bertz CT molecular complexity index is 488. The Morgan fingerprint density at radius 1 is 1.12 bits per heavy atom. The number of ether oxygens (including phenoxy) is 1. The highest BCUT2D eigenvalue weighted by molar-refractivity contribution is 5.28. The van der Waals surface area contributed by atoms with E-state index in [-0.39, 0.29) is 0 Å². The third-order valence-corrected chi connectivity index (χ3v) is 2.39. The Labute approximate surface area is 100 Å². The number of benzene rings is 1. The van der Waals surface area contributed by atoms with Crippen molar-refractivity contribution in [2.45, 2.75) is 20.5 Å². The maximum absolute atomic E-state index is 12.6. The summed E-state index contributed by atoms with van der Waals surface area (Å²) in [6.45, 7) is 4.57. The average Bonchev–Trinajstić information content (AvgIpc) is 2.27. The predicted molar refractivity (Wildman–Crippen MR) is 64.4 cm³/mol. The van der Waals surface area contributed by atoms with E-state index < -0.39 is 5.95 Å². The molecule has 88 valence electrons. The molecule has 1 aromatic heterocycles. The second kappa shape index (κ2) is 4.95. The second-order valence-corrected chi connectivity index (χ2v) is 4.10. The zero-order valence-electron chi connectivity index (χ0n) is 9.90. The molecule has 0 bridgehead atoms. The van der Waals surface area contributed by atoms with Crippen molar-refractivity contribution in [2.24, 2.45) is 0 Å². The van der Waals surface area contributed by atoms with E-state index in [1.807, 2.05) is 0 Å². The molecule has 2 rings (SSSR count). The van der Waals surface area contributed by atoms with Gasteiger partial charge in [-0.05, 0) is 31.5 Å². The summed E-state index contributed by atoms with van der Waals surface area (Å²) >= 11 is 0. The summed E-state index contributed by atoms with van der Waals surface area (Å²) in [7, 11) is 0. The fraction of sp³-hybridized carbons (Fsp3) is 0.214. The summed E-state index contributed by atoms with van der Waals surface area (Å²) in [4.78, 5) is 3.53. The number of aromatic nitrogens is 1. The maximum atomic E-state index is 12.6. The molecule has 0 radical (unpaired) electrons. The molecule has 2 nitrogen and oxygen atoms in total. The van der Waals surface area contributed by atoms with Crippen molar-refractivity contribution in [2.75, 3.05) is 0 Å². The van der Waals surface area contributed by atoms with Gasteiger partial charge in [0.1, 0.15) is 12.4 Å². The zero-order valence-corrected chi connectivity index (χ0v) is 9.90. The van der Waals surface area contributed by atoms with Gasteiger partial charge in [0.25, 0.3) is 0 Å². The highest BCUT2D eigenvalue weighted by Crippen LogP contribution is 2.13. The van der Waals surface area contributed by atoms with E-state index in [9.17, 15) is 4.39 Å². The van der Waals surface area contributed by atoms with Crippen LogP contribution in [0, 0.1) is 19.8 Å². The van der Waals surface area contributed by atoms with Gasteiger partial charge >= 0.3 is 0 Å². The molecule has 3 heteroatoms. The number of hydrogen-bond acceptors (Lipinski definition) is 2. The molecule has 1 aromatic carbocycles. The van der Waals surface area contributed by atoms with Gasteiger partial charge in [-0.25, -0.2) is 4.98 Å². The average molecular weight is 231 g/mol. The molecule has 0 atom stereocenters. The first-order valence-electron chi connectivity index (χ1n) is 5.45. The quantitative estimate of drug-likeness (QED) is 0.755. The van der Waals surface area contributed by atoms with Gasteiger partial charge in [0.15, 0.2) is 0 Å². The Morgan fingerprint density at radius 3 is 2.41 bits per heavy atom. The van der Waals surface area contributed by atoms with E-state index in [4.69, 9.17) is 4.74 Å². The normalized spacial score (nSPS) is 10.3. The first-order valence-corrected chi connectivity index (χ1v) is 5.45. The Kier molecular flexibility index (Phi) is 3.38. The minimum Gasteiger partial charge on any atom is -0.487 e. The van der Waals surface area contributed by atoms with Crippen LogP contribution in [0.1, 0.15) is 16.7 Å². The van der Waals surface area contributed by atoms with Gasteiger partial charge in [0, 0.05) is 0 Å². The molecule has 0 saturated heterocycles. The molecule has 0 aliphatic rings. The smallest absolute Gasteiger partial charge is 0.213 e. The van der Waals surface area contributed by atoms with E-state index in [1.54, 1.807) is 6.07 Å². The maximum Gasteiger partial charge on any atom is 0.213 e. The standard InChI is InChI=1S/C14H14FNO/c1-10-5-11(2)7-12(6-10)9-17-13-3-4-14(15)16-8-13/h3-8H,9H2,1-2H3. The van der Waals surface area contributed by atoms with Crippen molar-refractivity contribution in [1.82, 2.24) is 4.98 Å². The monoisotopic (exact) mass is 231 g/mol. The van der Waals surface area contributed by atoms with Crippen LogP contribution in [0.15, 0.2) is 36.5 Å². The first kappa shape index (κ1) is 11.6. The minimum atomic E-state index is -0.497. The van der Waals surface area contributed by atoms with Crippen LogP contribution in [0.3, 0.4) is 0 Å². The van der Waals surface area contributed by atoms with Crippen molar-refractivity contribution in [3.05, 3.63) is 59.2 Å². The van der Waals surface area contributed by atoms with Crippen LogP contribution >= 0.6 is 0 Å². The fourth-order valence-electron chi connectivity index (χ4n) is 1.77. The summed E-state index contributed by atoms with van der Waals surface area (Å²) in [6, 6.07) is 9.12. The molecule has 1 heterocycles. The molecule has 0 spiro atoms. The number of rotatable bonds is 3. The largest absolute Gasteiger partial charge is 0.487 e. The lowest BCUT2D eigenvalue weighted by molar-refractivity contribution is 0.304. The van der Waals surface area contributed by atoms with Crippen LogP contribution in [0.25, 0.3) is 0 Å². The molecule has 0 unspecified atom stereocenters. The van der Waals surface area contributed by atoms with E-state index in [0.29, 0.717) is 12.4 Å². The summed E-state index contributed by atoms with van der Waals surface area (Å²) in [5.41, 5.74) is 3.52. The van der Waals surface area contributed by atoms with Crippen molar-refractivity contribution in [3.63, 3.8) is 0 Å². The van der Waals surface area contributed by atoms with Crippen LogP contribution in [0.2, 0.25) is 0 Å². The number of pyridine rings is 1. The Balaban J connectivity index is 2.04. The molecule has 17 heavy (non-hydrogen) atoms. The van der Waals surface area contributed by atoms with E-state index in [0.717, 1.165) is 5.56 Å². The highest BCUT2D eigenvalue weighted by Gasteiger charge is 1.99. The molecule has 0 aliphatic carbocycles.